The molecular weight excluding hydrogens is 494 g/mol. The summed E-state index contributed by atoms with van der Waals surface area (Å²) in [6, 6.07) is 8.13. The quantitative estimate of drug-likeness (QED) is 0.414. The van der Waals surface area contributed by atoms with Gasteiger partial charge in [-0.25, -0.2) is 0 Å². The van der Waals surface area contributed by atoms with Gasteiger partial charge in [0, 0.05) is 25.7 Å². The summed E-state index contributed by atoms with van der Waals surface area (Å²) in [6.45, 7) is 16.1. The first-order valence-corrected chi connectivity index (χ1v) is 14.1. The van der Waals surface area contributed by atoms with Crippen LogP contribution in [0.15, 0.2) is 55.6 Å². The highest BCUT2D eigenvalue weighted by molar-refractivity contribution is 5.99. The number of rotatable bonds is 12. The largest absolute Gasteiger partial charge is 0.394 e. The maximum atomic E-state index is 14.3. The molecule has 3 aliphatic heterocycles. The molecule has 1 spiro atoms. The minimum Gasteiger partial charge on any atom is -0.394 e. The number of aliphatic hydroxyl groups is 1. The summed E-state index contributed by atoms with van der Waals surface area (Å²) in [4.78, 5) is 47.9. The van der Waals surface area contributed by atoms with Crippen molar-refractivity contribution in [2.45, 2.75) is 82.8 Å². The number of ether oxygens (including phenoxy) is 1. The smallest absolute Gasteiger partial charge is 0.248 e. The van der Waals surface area contributed by atoms with Crippen LogP contribution in [-0.2, 0) is 25.7 Å². The van der Waals surface area contributed by atoms with Crippen molar-refractivity contribution in [1.82, 2.24) is 14.7 Å². The van der Waals surface area contributed by atoms with Crippen LogP contribution in [-0.4, -0.2) is 86.6 Å². The molecule has 3 heterocycles. The lowest BCUT2D eigenvalue weighted by molar-refractivity contribution is -0.157. The minimum absolute atomic E-state index is 0.127. The molecule has 8 nitrogen and oxygen atoms in total. The Labute approximate surface area is 232 Å². The molecule has 4 rings (SSSR count). The minimum atomic E-state index is -1.13. The first-order valence-electron chi connectivity index (χ1n) is 14.1. The number of nitrogens with zero attached hydrogens (tertiary/aromatic N) is 3. The Morgan fingerprint density at radius 3 is 2.38 bits per heavy atom. The van der Waals surface area contributed by atoms with E-state index < -0.39 is 35.1 Å². The van der Waals surface area contributed by atoms with Crippen LogP contribution in [0.1, 0.15) is 52.5 Å². The molecule has 2 unspecified atom stereocenters. The van der Waals surface area contributed by atoms with Gasteiger partial charge >= 0.3 is 0 Å². The lowest BCUT2D eigenvalue weighted by Gasteiger charge is -2.40. The van der Waals surface area contributed by atoms with Crippen molar-refractivity contribution >= 4 is 17.7 Å². The maximum Gasteiger partial charge on any atom is 0.248 e. The topological polar surface area (TPSA) is 90.4 Å². The first-order chi connectivity index (χ1) is 18.6. The van der Waals surface area contributed by atoms with Crippen molar-refractivity contribution in [1.29, 1.82) is 0 Å². The van der Waals surface area contributed by atoms with Crippen LogP contribution in [0.3, 0.4) is 0 Å². The van der Waals surface area contributed by atoms with Gasteiger partial charge in [-0.3, -0.25) is 14.4 Å². The SMILES string of the molecule is C=CCN(Cc1ccccc1)C(=O)[C@@H]1[C@H]2C(=O)N([C@@H](CC)CO)C(C(=O)N(CC=C)C(C)C)C23CC[C@@]1(C)O3. The number of hydrogen-bond acceptors (Lipinski definition) is 5. The molecule has 0 aliphatic carbocycles. The molecule has 1 aromatic carbocycles. The molecule has 3 fully saturated rings. The van der Waals surface area contributed by atoms with Gasteiger partial charge in [0.2, 0.25) is 17.7 Å². The Morgan fingerprint density at radius 1 is 1.15 bits per heavy atom. The third-order valence-corrected chi connectivity index (χ3v) is 8.90. The first kappa shape index (κ1) is 29.0. The molecule has 3 amide bonds. The van der Waals surface area contributed by atoms with Crippen LogP contribution in [0.2, 0.25) is 0 Å². The Bertz CT molecular complexity index is 1100. The van der Waals surface area contributed by atoms with E-state index in [-0.39, 0.29) is 30.4 Å². The zero-order valence-electron chi connectivity index (χ0n) is 23.7. The molecule has 1 aromatic rings. The van der Waals surface area contributed by atoms with Gasteiger partial charge in [-0.1, -0.05) is 49.4 Å². The van der Waals surface area contributed by atoms with Gasteiger partial charge in [0.15, 0.2) is 0 Å². The van der Waals surface area contributed by atoms with E-state index in [4.69, 9.17) is 4.74 Å². The normalized spacial score (nSPS) is 29.8. The molecule has 1 N–H and O–H groups in total. The molecule has 3 saturated heterocycles. The van der Waals surface area contributed by atoms with Gasteiger partial charge in [0.25, 0.3) is 0 Å². The van der Waals surface area contributed by atoms with Crippen molar-refractivity contribution in [2.24, 2.45) is 11.8 Å². The molecular formula is C31H43N3O5. The van der Waals surface area contributed by atoms with E-state index >= 15 is 0 Å². The molecule has 2 bridgehead atoms. The summed E-state index contributed by atoms with van der Waals surface area (Å²) in [5.41, 5.74) is -1.03. The Hall–Kier alpha value is -2.97. The summed E-state index contributed by atoms with van der Waals surface area (Å²) in [5.74, 6) is -2.23. The molecule has 3 aliphatic rings. The zero-order chi connectivity index (χ0) is 28.5. The van der Waals surface area contributed by atoms with E-state index in [2.05, 4.69) is 13.2 Å². The molecule has 8 heteroatoms. The number of likely N-dealkylation sites (tertiary alicyclic amines) is 1. The second-order valence-corrected chi connectivity index (χ2v) is 11.6. The average molecular weight is 538 g/mol. The van der Waals surface area contributed by atoms with Crippen molar-refractivity contribution in [2.75, 3.05) is 19.7 Å². The van der Waals surface area contributed by atoms with E-state index in [1.807, 2.05) is 58.0 Å². The van der Waals surface area contributed by atoms with Crippen molar-refractivity contribution in [3.63, 3.8) is 0 Å². The van der Waals surface area contributed by atoms with Crippen LogP contribution >= 0.6 is 0 Å². The zero-order valence-corrected chi connectivity index (χ0v) is 23.7. The molecule has 0 radical (unpaired) electrons. The van der Waals surface area contributed by atoms with Crippen LogP contribution in [0.4, 0.5) is 0 Å². The Balaban J connectivity index is 1.79. The Kier molecular flexibility index (Phi) is 8.38. The van der Waals surface area contributed by atoms with Crippen molar-refractivity contribution in [3.8, 4) is 0 Å². The predicted octanol–water partition coefficient (Wildman–Crippen LogP) is 3.16. The Morgan fingerprint density at radius 2 is 1.82 bits per heavy atom. The highest BCUT2D eigenvalue weighted by Crippen LogP contribution is 2.64. The number of hydrogen-bond donors (Lipinski definition) is 1. The number of amides is 3. The highest BCUT2D eigenvalue weighted by atomic mass is 16.5. The fraction of sp³-hybridized carbons (Fsp3) is 0.581. The van der Waals surface area contributed by atoms with Crippen LogP contribution < -0.4 is 0 Å². The molecule has 6 atom stereocenters. The van der Waals surface area contributed by atoms with Gasteiger partial charge in [-0.15, -0.1) is 13.2 Å². The van der Waals surface area contributed by atoms with Crippen molar-refractivity contribution in [3.05, 3.63) is 61.2 Å². The van der Waals surface area contributed by atoms with E-state index in [0.717, 1.165) is 5.56 Å². The molecule has 39 heavy (non-hydrogen) atoms. The second kappa shape index (κ2) is 11.3. The van der Waals surface area contributed by atoms with E-state index in [0.29, 0.717) is 38.9 Å². The van der Waals surface area contributed by atoms with Gasteiger partial charge in [0.1, 0.15) is 11.6 Å². The maximum absolute atomic E-state index is 14.3. The number of carbonyl (C=O) groups is 3. The summed E-state index contributed by atoms with van der Waals surface area (Å²) >= 11 is 0. The third-order valence-electron chi connectivity index (χ3n) is 8.90. The van der Waals surface area contributed by atoms with Gasteiger partial charge < -0.3 is 24.5 Å². The third kappa shape index (κ3) is 4.72. The number of carbonyl (C=O) groups excluding carboxylic acids is 3. The van der Waals surface area contributed by atoms with Gasteiger partial charge in [-0.2, -0.15) is 0 Å². The standard InChI is InChI=1S/C31H43N3O5/c1-7-17-32(19-22-13-11-10-12-14-22)27(36)24-25-28(37)34(23(9-3)20-35)26(29(38)33(18-8-2)21(4)5)31(25)16-15-30(24,6)39-31/h7-8,10-14,21,23-26,35H,1-2,9,15-20H2,3-6H3/t23-,24-,25-,26?,30+,31?/m0/s1. The highest BCUT2D eigenvalue weighted by Gasteiger charge is 2.78. The summed E-state index contributed by atoms with van der Waals surface area (Å²) in [7, 11) is 0. The van der Waals surface area contributed by atoms with E-state index in [9.17, 15) is 19.5 Å². The second-order valence-electron chi connectivity index (χ2n) is 11.6. The fourth-order valence-electron chi connectivity index (χ4n) is 7.07. The number of benzene rings is 1. The van der Waals surface area contributed by atoms with Crippen LogP contribution in [0.5, 0.6) is 0 Å². The molecule has 0 aromatic heterocycles. The molecule has 0 saturated carbocycles. The van der Waals surface area contributed by atoms with Gasteiger partial charge in [-0.05, 0) is 45.6 Å². The number of fused-ring (bicyclic) bond motifs is 1. The van der Waals surface area contributed by atoms with Crippen LogP contribution in [0.25, 0.3) is 0 Å². The monoisotopic (exact) mass is 537 g/mol. The summed E-state index contributed by atoms with van der Waals surface area (Å²) in [5, 5.41) is 10.3. The van der Waals surface area contributed by atoms with E-state index in [1.165, 1.54) is 0 Å². The van der Waals surface area contributed by atoms with Gasteiger partial charge in [0.05, 0.1) is 30.1 Å². The lowest BCUT2D eigenvalue weighted by atomic mass is 9.66. The van der Waals surface area contributed by atoms with Crippen molar-refractivity contribution < 1.29 is 24.2 Å². The predicted molar refractivity (Wildman–Crippen MR) is 149 cm³/mol. The fourth-order valence-corrected chi connectivity index (χ4v) is 7.07. The number of aliphatic hydroxyl groups excluding tert-OH is 1. The summed E-state index contributed by atoms with van der Waals surface area (Å²) in [6.07, 6.45) is 4.91. The molecule has 212 valence electrons. The van der Waals surface area contributed by atoms with Crippen LogP contribution in [0, 0.1) is 11.8 Å². The lowest BCUT2D eigenvalue weighted by Crippen LogP contribution is -2.59. The average Bonchev–Trinajstić information content (AvgIpc) is 3.48. The summed E-state index contributed by atoms with van der Waals surface area (Å²) < 4.78 is 6.77. The van der Waals surface area contributed by atoms with E-state index in [1.54, 1.807) is 26.9 Å².